The maximum atomic E-state index is 6.25. The average Bonchev–Trinajstić information content (AvgIpc) is 2.72. The van der Waals surface area contributed by atoms with E-state index in [0.29, 0.717) is 34.3 Å². The van der Waals surface area contributed by atoms with E-state index in [9.17, 15) is 0 Å². The Morgan fingerprint density at radius 3 is 2.34 bits per heavy atom. The zero-order chi connectivity index (χ0) is 20.6. The van der Waals surface area contributed by atoms with Crippen LogP contribution >= 0.6 is 34.8 Å². The van der Waals surface area contributed by atoms with E-state index in [1.54, 1.807) is 0 Å². The van der Waals surface area contributed by atoms with Crippen LogP contribution in [0, 0.1) is 0 Å². The normalized spacial score (nSPS) is 12.0. The van der Waals surface area contributed by atoms with E-state index in [4.69, 9.17) is 39.5 Å². The molecule has 0 aromatic heterocycles. The van der Waals surface area contributed by atoms with Crippen molar-refractivity contribution < 1.29 is 4.74 Å². The van der Waals surface area contributed by atoms with Crippen LogP contribution in [-0.4, -0.2) is 6.04 Å². The first kappa shape index (κ1) is 22.0. The topological polar surface area (TPSA) is 21.3 Å². The van der Waals surface area contributed by atoms with Crippen LogP contribution in [0.4, 0.5) is 0 Å². The zero-order valence-electron chi connectivity index (χ0n) is 16.3. The van der Waals surface area contributed by atoms with Crippen molar-refractivity contribution in [3.63, 3.8) is 0 Å². The molecule has 0 fully saturated rings. The smallest absolute Gasteiger partial charge is 0.124 e. The third kappa shape index (κ3) is 6.65. The minimum absolute atomic E-state index is 0.302. The Hall–Kier alpha value is -1.71. The van der Waals surface area contributed by atoms with E-state index in [1.807, 2.05) is 42.5 Å². The molecule has 0 aliphatic rings. The summed E-state index contributed by atoms with van der Waals surface area (Å²) in [5.74, 6) is 0.771. The third-order valence-corrected chi connectivity index (χ3v) is 5.75. The summed E-state index contributed by atoms with van der Waals surface area (Å²) < 4.78 is 6.03. The highest BCUT2D eigenvalue weighted by Gasteiger charge is 2.11. The van der Waals surface area contributed by atoms with Crippen LogP contribution in [0.15, 0.2) is 66.7 Å². The second-order valence-electron chi connectivity index (χ2n) is 7.05. The van der Waals surface area contributed by atoms with Gasteiger partial charge in [-0.2, -0.15) is 0 Å². The Kier molecular flexibility index (Phi) is 8.26. The molecule has 5 heteroatoms. The molecule has 0 radical (unpaired) electrons. The van der Waals surface area contributed by atoms with Gasteiger partial charge in [0.05, 0.1) is 0 Å². The Balaban J connectivity index is 1.59. The van der Waals surface area contributed by atoms with Gasteiger partial charge in [-0.05, 0) is 55.7 Å². The lowest BCUT2D eigenvalue weighted by Gasteiger charge is -2.17. The van der Waals surface area contributed by atoms with Crippen molar-refractivity contribution >= 4 is 34.8 Å². The maximum absolute atomic E-state index is 6.25. The van der Waals surface area contributed by atoms with Gasteiger partial charge in [0.2, 0.25) is 0 Å². The average molecular weight is 449 g/mol. The summed E-state index contributed by atoms with van der Waals surface area (Å²) in [6.07, 6.45) is 2.09. The van der Waals surface area contributed by atoms with Crippen molar-refractivity contribution in [1.82, 2.24) is 5.32 Å². The summed E-state index contributed by atoms with van der Waals surface area (Å²) in [5, 5.41) is 5.44. The Morgan fingerprint density at radius 1 is 0.897 bits per heavy atom. The molecule has 3 rings (SSSR count). The highest BCUT2D eigenvalue weighted by atomic mass is 35.5. The lowest BCUT2D eigenvalue weighted by atomic mass is 10.1. The number of halogens is 3. The van der Waals surface area contributed by atoms with Crippen LogP contribution in [0.2, 0.25) is 15.1 Å². The van der Waals surface area contributed by atoms with Gasteiger partial charge in [-0.3, -0.25) is 0 Å². The van der Waals surface area contributed by atoms with Gasteiger partial charge in [-0.25, -0.2) is 0 Å². The molecular formula is C24H24Cl3NO. The van der Waals surface area contributed by atoms with Gasteiger partial charge in [-0.1, -0.05) is 71.2 Å². The fourth-order valence-electron chi connectivity index (χ4n) is 3.06. The number of hydrogen-bond acceptors (Lipinski definition) is 2. The van der Waals surface area contributed by atoms with Crippen LogP contribution in [0.3, 0.4) is 0 Å². The van der Waals surface area contributed by atoms with E-state index in [0.717, 1.165) is 29.7 Å². The molecule has 152 valence electrons. The van der Waals surface area contributed by atoms with Gasteiger partial charge >= 0.3 is 0 Å². The van der Waals surface area contributed by atoms with Crippen molar-refractivity contribution in [2.75, 3.05) is 0 Å². The van der Waals surface area contributed by atoms with Crippen LogP contribution < -0.4 is 10.1 Å². The number of nitrogens with one attached hydrogen (secondary N) is 1. The number of benzene rings is 3. The third-order valence-electron chi connectivity index (χ3n) is 4.81. The Labute approximate surface area is 187 Å². The molecule has 0 spiro atoms. The van der Waals surface area contributed by atoms with Gasteiger partial charge in [0.1, 0.15) is 12.4 Å². The van der Waals surface area contributed by atoms with Crippen LogP contribution in [0.1, 0.15) is 30.0 Å². The molecule has 0 amide bonds. The number of hydrogen-bond donors (Lipinski definition) is 1. The highest BCUT2D eigenvalue weighted by Crippen LogP contribution is 2.28. The molecule has 0 bridgehead atoms. The molecule has 0 unspecified atom stereocenters. The van der Waals surface area contributed by atoms with Crippen molar-refractivity contribution in [1.29, 1.82) is 0 Å². The van der Waals surface area contributed by atoms with E-state index < -0.39 is 0 Å². The summed E-state index contributed by atoms with van der Waals surface area (Å²) in [7, 11) is 0. The van der Waals surface area contributed by atoms with Crippen LogP contribution in [0.25, 0.3) is 0 Å². The maximum Gasteiger partial charge on any atom is 0.124 e. The summed E-state index contributed by atoms with van der Waals surface area (Å²) in [6.45, 7) is 3.16. The second kappa shape index (κ2) is 10.9. The van der Waals surface area contributed by atoms with Crippen molar-refractivity contribution in [3.8, 4) is 5.75 Å². The molecular weight excluding hydrogens is 425 g/mol. The first-order valence-corrected chi connectivity index (χ1v) is 10.8. The van der Waals surface area contributed by atoms with Crippen LogP contribution in [0.5, 0.6) is 5.75 Å². The molecule has 0 heterocycles. The number of aryl methyl sites for hydroxylation is 1. The minimum Gasteiger partial charge on any atom is -0.488 e. The van der Waals surface area contributed by atoms with Crippen molar-refractivity contribution in [3.05, 3.63) is 98.5 Å². The molecule has 0 saturated carbocycles. The predicted molar refractivity (Wildman–Crippen MR) is 123 cm³/mol. The highest BCUT2D eigenvalue weighted by molar-refractivity contribution is 6.36. The van der Waals surface area contributed by atoms with Crippen LogP contribution in [-0.2, 0) is 19.6 Å². The van der Waals surface area contributed by atoms with Gasteiger partial charge in [0.25, 0.3) is 0 Å². The van der Waals surface area contributed by atoms with Gasteiger partial charge < -0.3 is 10.1 Å². The molecule has 1 N–H and O–H groups in total. The largest absolute Gasteiger partial charge is 0.488 e. The summed E-state index contributed by atoms with van der Waals surface area (Å²) in [6, 6.07) is 22.0. The van der Waals surface area contributed by atoms with Crippen molar-refractivity contribution in [2.45, 2.75) is 39.0 Å². The predicted octanol–water partition coefficient (Wildman–Crippen LogP) is 7.34. The van der Waals surface area contributed by atoms with Gasteiger partial charge in [-0.15, -0.1) is 0 Å². The number of ether oxygens (including phenoxy) is 1. The molecule has 3 aromatic carbocycles. The minimum atomic E-state index is 0.302. The molecule has 0 aliphatic heterocycles. The standard InChI is InChI=1S/C24H24Cl3NO/c1-17(10-11-18-6-3-2-4-7-18)28-15-19-14-20(25)12-13-24(19)29-16-21-22(26)8-5-9-23(21)27/h2-9,12-14,17,28H,10-11,15-16H2,1H3/t17-/m1/s1. The Bertz CT molecular complexity index is 910. The number of rotatable bonds is 9. The quantitative estimate of drug-likeness (QED) is 0.370. The molecule has 3 aromatic rings. The summed E-state index contributed by atoms with van der Waals surface area (Å²) >= 11 is 18.7. The first-order chi connectivity index (χ1) is 14.0. The van der Waals surface area contributed by atoms with E-state index in [-0.39, 0.29) is 0 Å². The Morgan fingerprint density at radius 2 is 1.62 bits per heavy atom. The molecule has 0 aliphatic carbocycles. The van der Waals surface area contributed by atoms with E-state index in [2.05, 4.69) is 36.5 Å². The zero-order valence-corrected chi connectivity index (χ0v) is 18.6. The second-order valence-corrected chi connectivity index (χ2v) is 8.30. The molecule has 1 atom stereocenters. The van der Waals surface area contributed by atoms with E-state index in [1.165, 1.54) is 5.56 Å². The lowest BCUT2D eigenvalue weighted by molar-refractivity contribution is 0.301. The first-order valence-electron chi connectivity index (χ1n) is 9.64. The monoisotopic (exact) mass is 447 g/mol. The summed E-state index contributed by atoms with van der Waals surface area (Å²) in [4.78, 5) is 0. The molecule has 2 nitrogen and oxygen atoms in total. The van der Waals surface area contributed by atoms with E-state index >= 15 is 0 Å². The molecule has 0 saturated heterocycles. The fourth-order valence-corrected chi connectivity index (χ4v) is 3.76. The lowest BCUT2D eigenvalue weighted by Crippen LogP contribution is -2.26. The van der Waals surface area contributed by atoms with Gasteiger partial charge in [0, 0.05) is 38.8 Å². The molecule has 29 heavy (non-hydrogen) atoms. The van der Waals surface area contributed by atoms with Gasteiger partial charge in [0.15, 0.2) is 0 Å². The SMILES string of the molecule is C[C@H](CCc1ccccc1)NCc1cc(Cl)ccc1OCc1c(Cl)cccc1Cl. The summed E-state index contributed by atoms with van der Waals surface area (Å²) in [5.41, 5.74) is 3.14. The fraction of sp³-hybridized carbons (Fsp3) is 0.250. The van der Waals surface area contributed by atoms with Crippen molar-refractivity contribution in [2.24, 2.45) is 0 Å².